The molecule has 1 aromatic heterocycles. The molecule has 1 aromatic carbocycles. The van der Waals surface area contributed by atoms with Gasteiger partial charge in [-0.25, -0.2) is 8.42 Å². The number of hydrogen-bond acceptors (Lipinski definition) is 7. The largest absolute Gasteiger partial charge is 0.497 e. The fraction of sp³-hybridized carbons (Fsp3) is 0.565. The van der Waals surface area contributed by atoms with Crippen LogP contribution in [0.2, 0.25) is 0 Å². The molecule has 0 saturated carbocycles. The molecule has 0 bridgehead atoms. The minimum atomic E-state index is -3.66. The quantitative estimate of drug-likeness (QED) is 0.630. The summed E-state index contributed by atoms with van der Waals surface area (Å²) in [6.45, 7) is 7.82. The van der Waals surface area contributed by atoms with Gasteiger partial charge in [0.2, 0.25) is 15.9 Å². The van der Waals surface area contributed by atoms with E-state index in [4.69, 9.17) is 9.26 Å². The molecule has 2 aliphatic rings. The molecule has 4 rings (SSSR count). The second-order valence-corrected chi connectivity index (χ2v) is 10.7. The van der Waals surface area contributed by atoms with Crippen molar-refractivity contribution in [3.8, 4) is 5.75 Å². The molecule has 0 aliphatic carbocycles. The van der Waals surface area contributed by atoms with Gasteiger partial charge in [-0.15, -0.1) is 0 Å². The molecule has 3 heterocycles. The lowest BCUT2D eigenvalue weighted by molar-refractivity contribution is -0.138. The first kappa shape index (κ1) is 23.7. The summed E-state index contributed by atoms with van der Waals surface area (Å²) in [6.07, 6.45) is 1.07. The van der Waals surface area contributed by atoms with Gasteiger partial charge in [-0.05, 0) is 44.4 Å². The van der Waals surface area contributed by atoms with Gasteiger partial charge in [0.25, 0.3) is 0 Å². The van der Waals surface area contributed by atoms with E-state index in [1.54, 1.807) is 21.0 Å². The van der Waals surface area contributed by atoms with Crippen LogP contribution in [0.1, 0.15) is 29.9 Å². The second-order valence-electron chi connectivity index (χ2n) is 8.78. The van der Waals surface area contributed by atoms with Gasteiger partial charge in [0.05, 0.1) is 7.11 Å². The van der Waals surface area contributed by atoms with Crippen molar-refractivity contribution in [3.05, 3.63) is 41.3 Å². The maximum absolute atomic E-state index is 13.1. The number of carbonyl (C=O) groups is 1. The summed E-state index contributed by atoms with van der Waals surface area (Å²) < 4.78 is 37.7. The highest BCUT2D eigenvalue weighted by Gasteiger charge is 2.37. The van der Waals surface area contributed by atoms with Gasteiger partial charge in [0, 0.05) is 51.7 Å². The van der Waals surface area contributed by atoms with Crippen LogP contribution in [0.25, 0.3) is 0 Å². The SMILES string of the molecule is COc1ccc(CN2CCN(C(=O)C3CCN(S(=O)(=O)c4c(C)noc4C)CC3)CC2)cc1. The number of carbonyl (C=O) groups excluding carboxylic acids is 1. The van der Waals surface area contributed by atoms with Crippen LogP contribution in [0.15, 0.2) is 33.7 Å². The van der Waals surface area contributed by atoms with Crippen molar-refractivity contribution in [1.29, 1.82) is 0 Å². The fourth-order valence-corrected chi connectivity index (χ4v) is 6.45. The van der Waals surface area contributed by atoms with Crippen molar-refractivity contribution in [2.24, 2.45) is 5.92 Å². The van der Waals surface area contributed by atoms with Crippen LogP contribution in [0.5, 0.6) is 5.75 Å². The number of rotatable bonds is 6. The number of piperidine rings is 1. The standard InChI is InChI=1S/C23H32N4O5S/c1-17-22(18(2)32-24-17)33(29,30)27-10-8-20(9-11-27)23(28)26-14-12-25(13-15-26)16-19-4-6-21(31-3)7-5-19/h4-7,20H,8-16H2,1-3H3. The number of benzene rings is 1. The van der Waals surface area contributed by atoms with Crippen LogP contribution in [-0.2, 0) is 21.4 Å². The molecule has 0 spiro atoms. The lowest BCUT2D eigenvalue weighted by Crippen LogP contribution is -2.51. The highest BCUT2D eigenvalue weighted by Crippen LogP contribution is 2.28. The minimum Gasteiger partial charge on any atom is -0.497 e. The lowest BCUT2D eigenvalue weighted by atomic mass is 9.96. The third kappa shape index (κ3) is 5.07. The number of methoxy groups -OCH3 is 1. The Morgan fingerprint density at radius 3 is 2.24 bits per heavy atom. The Labute approximate surface area is 195 Å². The molecular formula is C23H32N4O5S. The Morgan fingerprint density at radius 1 is 1.06 bits per heavy atom. The summed E-state index contributed by atoms with van der Waals surface area (Å²) in [5, 5.41) is 3.77. The van der Waals surface area contributed by atoms with Crippen LogP contribution in [-0.4, -0.2) is 80.0 Å². The fourth-order valence-electron chi connectivity index (χ4n) is 4.69. The number of nitrogens with zero attached hydrogens (tertiary/aromatic N) is 4. The summed E-state index contributed by atoms with van der Waals surface area (Å²) >= 11 is 0. The van der Waals surface area contributed by atoms with Crippen LogP contribution in [0.3, 0.4) is 0 Å². The van der Waals surface area contributed by atoms with Crippen LogP contribution in [0.4, 0.5) is 0 Å². The van der Waals surface area contributed by atoms with Gasteiger partial charge >= 0.3 is 0 Å². The molecule has 0 N–H and O–H groups in total. The molecule has 10 heteroatoms. The Morgan fingerprint density at radius 2 is 1.70 bits per heavy atom. The summed E-state index contributed by atoms with van der Waals surface area (Å²) in [4.78, 5) is 17.5. The van der Waals surface area contributed by atoms with E-state index in [2.05, 4.69) is 22.2 Å². The van der Waals surface area contributed by atoms with E-state index in [0.717, 1.165) is 25.4 Å². The van der Waals surface area contributed by atoms with E-state index in [0.29, 0.717) is 50.5 Å². The monoisotopic (exact) mass is 476 g/mol. The summed E-state index contributed by atoms with van der Waals surface area (Å²) in [7, 11) is -2.00. The molecule has 1 amide bonds. The molecular weight excluding hydrogens is 444 g/mol. The van der Waals surface area contributed by atoms with Crippen molar-refractivity contribution >= 4 is 15.9 Å². The lowest BCUT2D eigenvalue weighted by Gasteiger charge is -2.38. The highest BCUT2D eigenvalue weighted by molar-refractivity contribution is 7.89. The highest BCUT2D eigenvalue weighted by atomic mass is 32.2. The zero-order valence-electron chi connectivity index (χ0n) is 19.5. The first-order valence-corrected chi connectivity index (χ1v) is 12.8. The molecule has 0 atom stereocenters. The predicted molar refractivity (Wildman–Crippen MR) is 122 cm³/mol. The first-order chi connectivity index (χ1) is 15.8. The van der Waals surface area contributed by atoms with Crippen molar-refractivity contribution in [1.82, 2.24) is 19.3 Å². The predicted octanol–water partition coefficient (Wildman–Crippen LogP) is 2.05. The van der Waals surface area contributed by atoms with Gasteiger partial charge in [-0.1, -0.05) is 17.3 Å². The van der Waals surface area contributed by atoms with E-state index < -0.39 is 10.0 Å². The number of aromatic nitrogens is 1. The summed E-state index contributed by atoms with van der Waals surface area (Å²) in [6, 6.07) is 8.07. The average Bonchev–Trinajstić information content (AvgIpc) is 3.18. The summed E-state index contributed by atoms with van der Waals surface area (Å²) in [5.74, 6) is 1.17. The molecule has 0 radical (unpaired) electrons. The van der Waals surface area contributed by atoms with Gasteiger partial charge < -0.3 is 14.2 Å². The molecule has 9 nitrogen and oxygen atoms in total. The van der Waals surface area contributed by atoms with Crippen molar-refractivity contribution in [2.75, 3.05) is 46.4 Å². The second kappa shape index (κ2) is 9.82. The molecule has 0 unspecified atom stereocenters. The number of aryl methyl sites for hydroxylation is 2. The van der Waals surface area contributed by atoms with E-state index in [-0.39, 0.29) is 16.7 Å². The Bertz CT molecular complexity index is 1050. The topological polar surface area (TPSA) is 96.2 Å². The molecule has 2 saturated heterocycles. The van der Waals surface area contributed by atoms with E-state index in [1.165, 1.54) is 9.87 Å². The third-order valence-corrected chi connectivity index (χ3v) is 8.76. The first-order valence-electron chi connectivity index (χ1n) is 11.4. The van der Waals surface area contributed by atoms with Crippen LogP contribution in [0, 0.1) is 19.8 Å². The molecule has 33 heavy (non-hydrogen) atoms. The van der Waals surface area contributed by atoms with E-state index in [1.807, 2.05) is 17.0 Å². The Balaban J connectivity index is 1.27. The van der Waals surface area contributed by atoms with Gasteiger partial charge in [0.15, 0.2) is 5.76 Å². The van der Waals surface area contributed by atoms with Crippen molar-refractivity contribution < 1.29 is 22.5 Å². The van der Waals surface area contributed by atoms with Crippen molar-refractivity contribution in [3.63, 3.8) is 0 Å². The zero-order chi connectivity index (χ0) is 23.6. The Hall–Kier alpha value is -2.43. The van der Waals surface area contributed by atoms with Gasteiger partial charge in [-0.3, -0.25) is 9.69 Å². The maximum atomic E-state index is 13.1. The van der Waals surface area contributed by atoms with E-state index in [9.17, 15) is 13.2 Å². The smallest absolute Gasteiger partial charge is 0.248 e. The normalized spacial score (nSPS) is 19.1. The number of piperazine rings is 1. The van der Waals surface area contributed by atoms with Crippen LogP contribution < -0.4 is 4.74 Å². The number of ether oxygens (including phenoxy) is 1. The zero-order valence-corrected chi connectivity index (χ0v) is 20.3. The average molecular weight is 477 g/mol. The van der Waals surface area contributed by atoms with Crippen LogP contribution >= 0.6 is 0 Å². The summed E-state index contributed by atoms with van der Waals surface area (Å²) in [5.41, 5.74) is 1.60. The van der Waals surface area contributed by atoms with Gasteiger partial charge in [-0.2, -0.15) is 4.31 Å². The number of amides is 1. The van der Waals surface area contributed by atoms with Gasteiger partial charge in [0.1, 0.15) is 16.3 Å². The number of hydrogen-bond donors (Lipinski definition) is 0. The number of sulfonamides is 1. The maximum Gasteiger partial charge on any atom is 0.248 e. The minimum absolute atomic E-state index is 0.130. The molecule has 2 aromatic rings. The Kier molecular flexibility index (Phi) is 7.06. The molecule has 2 aliphatic heterocycles. The van der Waals surface area contributed by atoms with Crippen molar-refractivity contribution in [2.45, 2.75) is 38.1 Å². The molecule has 180 valence electrons. The third-order valence-electron chi connectivity index (χ3n) is 6.62. The molecule has 2 fully saturated rings. The van der Waals surface area contributed by atoms with E-state index >= 15 is 0 Å².